The molecule has 0 aliphatic heterocycles. The van der Waals surface area contributed by atoms with Crippen molar-refractivity contribution in [3.05, 3.63) is 45.8 Å². The SMILES string of the molecule is CN(CCCNc1c(Cl)cn[nH]c1=O)CCOc1ccc(NS(C)(=O)=O)cc1. The molecule has 0 radical (unpaired) electrons. The van der Waals surface area contributed by atoms with Crippen molar-refractivity contribution in [1.29, 1.82) is 0 Å². The summed E-state index contributed by atoms with van der Waals surface area (Å²) in [7, 11) is -1.30. The average Bonchev–Trinajstić information content (AvgIpc) is 2.61. The molecule has 0 aliphatic rings. The van der Waals surface area contributed by atoms with Gasteiger partial charge in [-0.05, 0) is 44.3 Å². The molecule has 1 aromatic carbocycles. The van der Waals surface area contributed by atoms with E-state index in [4.69, 9.17) is 16.3 Å². The van der Waals surface area contributed by atoms with Crippen molar-refractivity contribution < 1.29 is 13.2 Å². The van der Waals surface area contributed by atoms with E-state index in [1.54, 1.807) is 24.3 Å². The number of likely N-dealkylation sites (N-methyl/N-ethyl adjacent to an activating group) is 1. The van der Waals surface area contributed by atoms with Crippen LogP contribution in [0.3, 0.4) is 0 Å². The smallest absolute Gasteiger partial charge is 0.289 e. The molecular formula is C17H24ClN5O4S. The first-order valence-electron chi connectivity index (χ1n) is 8.61. The number of nitrogens with zero attached hydrogens (tertiary/aromatic N) is 2. The zero-order valence-electron chi connectivity index (χ0n) is 15.7. The summed E-state index contributed by atoms with van der Waals surface area (Å²) in [6.07, 6.45) is 3.31. The summed E-state index contributed by atoms with van der Waals surface area (Å²) in [5, 5.41) is 9.27. The van der Waals surface area contributed by atoms with Crippen molar-refractivity contribution in [1.82, 2.24) is 15.1 Å². The highest BCUT2D eigenvalue weighted by Crippen LogP contribution is 2.16. The summed E-state index contributed by atoms with van der Waals surface area (Å²) in [5.74, 6) is 0.667. The lowest BCUT2D eigenvalue weighted by molar-refractivity contribution is 0.237. The minimum atomic E-state index is -3.28. The third kappa shape index (κ3) is 7.75. The molecule has 0 atom stereocenters. The van der Waals surface area contributed by atoms with Crippen LogP contribution in [0.15, 0.2) is 35.3 Å². The molecule has 0 fully saturated rings. The van der Waals surface area contributed by atoms with Crippen LogP contribution in [-0.2, 0) is 10.0 Å². The number of aromatic nitrogens is 2. The molecule has 0 aliphatic carbocycles. The van der Waals surface area contributed by atoms with Gasteiger partial charge in [0, 0.05) is 18.8 Å². The summed E-state index contributed by atoms with van der Waals surface area (Å²) in [5.41, 5.74) is 0.482. The second-order valence-corrected chi connectivity index (χ2v) is 8.41. The van der Waals surface area contributed by atoms with E-state index in [-0.39, 0.29) is 5.56 Å². The first-order valence-corrected chi connectivity index (χ1v) is 10.9. The Morgan fingerprint density at radius 2 is 1.96 bits per heavy atom. The van der Waals surface area contributed by atoms with Crippen molar-refractivity contribution >= 4 is 33.0 Å². The van der Waals surface area contributed by atoms with Crippen LogP contribution in [0, 0.1) is 0 Å². The molecule has 0 spiro atoms. The van der Waals surface area contributed by atoms with E-state index >= 15 is 0 Å². The first-order chi connectivity index (χ1) is 13.2. The largest absolute Gasteiger partial charge is 0.492 e. The lowest BCUT2D eigenvalue weighted by atomic mass is 10.3. The van der Waals surface area contributed by atoms with E-state index in [1.165, 1.54) is 6.20 Å². The van der Waals surface area contributed by atoms with Crippen LogP contribution in [0.4, 0.5) is 11.4 Å². The zero-order valence-corrected chi connectivity index (χ0v) is 17.3. The quantitative estimate of drug-likeness (QED) is 0.464. The van der Waals surface area contributed by atoms with Gasteiger partial charge in [0.1, 0.15) is 18.0 Å². The molecule has 28 heavy (non-hydrogen) atoms. The van der Waals surface area contributed by atoms with E-state index in [0.717, 1.165) is 25.8 Å². The zero-order chi connectivity index (χ0) is 20.6. The Hall–Kier alpha value is -2.30. The number of benzene rings is 1. The molecule has 11 heteroatoms. The lowest BCUT2D eigenvalue weighted by Crippen LogP contribution is -2.27. The van der Waals surface area contributed by atoms with Crippen molar-refractivity contribution in [2.45, 2.75) is 6.42 Å². The first kappa shape index (κ1) is 22.0. The van der Waals surface area contributed by atoms with Crippen LogP contribution in [0.1, 0.15) is 6.42 Å². The molecule has 2 rings (SSSR count). The highest BCUT2D eigenvalue weighted by Gasteiger charge is 2.06. The van der Waals surface area contributed by atoms with Gasteiger partial charge in [-0.2, -0.15) is 5.10 Å². The summed E-state index contributed by atoms with van der Waals surface area (Å²) in [6, 6.07) is 6.73. The van der Waals surface area contributed by atoms with Gasteiger partial charge in [-0.3, -0.25) is 9.52 Å². The fourth-order valence-electron chi connectivity index (χ4n) is 2.37. The van der Waals surface area contributed by atoms with Gasteiger partial charge in [-0.1, -0.05) is 11.6 Å². The summed E-state index contributed by atoms with van der Waals surface area (Å²) < 4.78 is 30.4. The summed E-state index contributed by atoms with van der Waals surface area (Å²) >= 11 is 5.93. The number of sulfonamides is 1. The van der Waals surface area contributed by atoms with Crippen LogP contribution in [0.2, 0.25) is 5.02 Å². The Bertz CT molecular complexity index is 918. The van der Waals surface area contributed by atoms with Gasteiger partial charge in [-0.15, -0.1) is 0 Å². The third-order valence-corrected chi connectivity index (χ3v) is 4.62. The van der Waals surface area contributed by atoms with E-state index < -0.39 is 10.0 Å². The average molecular weight is 430 g/mol. The Morgan fingerprint density at radius 1 is 1.25 bits per heavy atom. The molecule has 0 saturated carbocycles. The Morgan fingerprint density at radius 3 is 2.61 bits per heavy atom. The molecule has 0 bridgehead atoms. The van der Waals surface area contributed by atoms with E-state index in [9.17, 15) is 13.2 Å². The Labute approximate surface area is 169 Å². The number of H-pyrrole nitrogens is 1. The molecule has 3 N–H and O–H groups in total. The maximum atomic E-state index is 11.6. The van der Waals surface area contributed by atoms with Crippen molar-refractivity contribution in [3.63, 3.8) is 0 Å². The standard InChI is InChI=1S/C17H24ClN5O4S/c1-23(9-3-8-19-16-15(18)12-20-21-17(16)24)10-11-27-14-6-4-13(5-7-14)22-28(2,25)26/h4-7,12,22H,3,8-11H2,1-2H3,(H,19,20)(H,21,24). The number of aromatic amines is 1. The van der Waals surface area contributed by atoms with Gasteiger partial charge in [0.25, 0.3) is 5.56 Å². The number of ether oxygens (including phenoxy) is 1. The van der Waals surface area contributed by atoms with Gasteiger partial charge in [-0.25, -0.2) is 13.5 Å². The van der Waals surface area contributed by atoms with Crippen molar-refractivity contribution in [3.8, 4) is 5.75 Å². The maximum absolute atomic E-state index is 11.6. The van der Waals surface area contributed by atoms with Gasteiger partial charge in [0.05, 0.1) is 17.5 Å². The van der Waals surface area contributed by atoms with Crippen LogP contribution in [-0.4, -0.2) is 63.1 Å². The molecule has 1 heterocycles. The monoisotopic (exact) mass is 429 g/mol. The molecule has 1 aromatic heterocycles. The van der Waals surface area contributed by atoms with E-state index in [0.29, 0.717) is 35.3 Å². The number of anilines is 2. The second kappa shape index (κ2) is 10.3. The van der Waals surface area contributed by atoms with Crippen LogP contribution < -0.4 is 20.3 Å². The fourth-order valence-corrected chi connectivity index (χ4v) is 3.13. The van der Waals surface area contributed by atoms with Gasteiger partial charge in [0.15, 0.2) is 0 Å². The summed E-state index contributed by atoms with van der Waals surface area (Å²) in [6.45, 7) is 2.64. The maximum Gasteiger partial charge on any atom is 0.289 e. The molecular weight excluding hydrogens is 406 g/mol. The molecule has 154 valence electrons. The fraction of sp³-hybridized carbons (Fsp3) is 0.412. The minimum Gasteiger partial charge on any atom is -0.492 e. The van der Waals surface area contributed by atoms with Gasteiger partial charge < -0.3 is 15.0 Å². The van der Waals surface area contributed by atoms with Crippen LogP contribution in [0.25, 0.3) is 0 Å². The topological polar surface area (TPSA) is 116 Å². The van der Waals surface area contributed by atoms with Gasteiger partial charge in [0.2, 0.25) is 10.0 Å². The van der Waals surface area contributed by atoms with E-state index in [2.05, 4.69) is 25.1 Å². The normalized spacial score (nSPS) is 11.4. The van der Waals surface area contributed by atoms with Crippen molar-refractivity contribution in [2.24, 2.45) is 0 Å². The third-order valence-electron chi connectivity index (χ3n) is 3.73. The molecule has 0 saturated heterocycles. The Balaban J connectivity index is 1.65. The van der Waals surface area contributed by atoms with Crippen molar-refractivity contribution in [2.75, 3.05) is 49.6 Å². The molecule has 0 unspecified atom stereocenters. The predicted molar refractivity (Wildman–Crippen MR) is 111 cm³/mol. The van der Waals surface area contributed by atoms with E-state index in [1.807, 2.05) is 7.05 Å². The number of rotatable bonds is 11. The van der Waals surface area contributed by atoms with Gasteiger partial charge >= 0.3 is 0 Å². The number of hydrogen-bond acceptors (Lipinski definition) is 7. The highest BCUT2D eigenvalue weighted by molar-refractivity contribution is 7.92. The summed E-state index contributed by atoms with van der Waals surface area (Å²) in [4.78, 5) is 13.7. The number of halogens is 1. The Kier molecular flexibility index (Phi) is 8.09. The number of hydrogen-bond donors (Lipinski definition) is 3. The second-order valence-electron chi connectivity index (χ2n) is 6.25. The lowest BCUT2D eigenvalue weighted by Gasteiger charge is -2.17. The molecule has 9 nitrogen and oxygen atoms in total. The minimum absolute atomic E-state index is 0.295. The highest BCUT2D eigenvalue weighted by atomic mass is 35.5. The molecule has 0 amide bonds. The van der Waals surface area contributed by atoms with Crippen LogP contribution >= 0.6 is 11.6 Å². The molecule has 2 aromatic rings. The van der Waals surface area contributed by atoms with Crippen LogP contribution in [0.5, 0.6) is 5.75 Å². The number of nitrogens with one attached hydrogen (secondary N) is 3. The predicted octanol–water partition coefficient (Wildman–Crippen LogP) is 1.61.